The molecule has 1 fully saturated rings. The number of ketones is 1. The monoisotopic (exact) mass is 213 g/mol. The van der Waals surface area contributed by atoms with Gasteiger partial charge < -0.3 is 4.74 Å². The highest BCUT2D eigenvalue weighted by atomic mass is 16.5. The number of Topliss-reactive ketones (excluding diaryl/α,β-unsaturated/α-hetero) is 1. The lowest BCUT2D eigenvalue weighted by molar-refractivity contribution is -0.123. The number of nitrogens with zero attached hydrogens (tertiary/aromatic N) is 1. The highest BCUT2D eigenvalue weighted by molar-refractivity contribution is 5.80. The summed E-state index contributed by atoms with van der Waals surface area (Å²) in [6, 6.07) is 0. The van der Waals surface area contributed by atoms with Gasteiger partial charge >= 0.3 is 0 Å². The minimum Gasteiger partial charge on any atom is -0.379 e. The third-order valence-corrected chi connectivity index (χ3v) is 3.05. The largest absolute Gasteiger partial charge is 0.379 e. The summed E-state index contributed by atoms with van der Waals surface area (Å²) in [5, 5.41) is 0. The van der Waals surface area contributed by atoms with Crippen molar-refractivity contribution in [1.82, 2.24) is 4.90 Å². The topological polar surface area (TPSA) is 29.5 Å². The standard InChI is InChI=1S/C12H23NO2/c1-3-4-11(2)12(14)5-6-13-7-9-15-10-8-13/h11H,3-10H2,1-2H3. The summed E-state index contributed by atoms with van der Waals surface area (Å²) in [5.74, 6) is 0.666. The molecular weight excluding hydrogens is 190 g/mol. The van der Waals surface area contributed by atoms with Crippen LogP contribution in [-0.4, -0.2) is 43.5 Å². The minimum atomic E-state index is 0.246. The zero-order valence-electron chi connectivity index (χ0n) is 10.00. The van der Waals surface area contributed by atoms with E-state index >= 15 is 0 Å². The van der Waals surface area contributed by atoms with Crippen molar-refractivity contribution in [2.75, 3.05) is 32.8 Å². The fourth-order valence-electron chi connectivity index (χ4n) is 1.93. The third kappa shape index (κ3) is 4.76. The van der Waals surface area contributed by atoms with Crippen LogP contribution in [0, 0.1) is 5.92 Å². The van der Waals surface area contributed by atoms with Gasteiger partial charge in [0.2, 0.25) is 0 Å². The Labute approximate surface area is 92.8 Å². The molecule has 0 spiro atoms. The molecule has 3 nitrogen and oxygen atoms in total. The van der Waals surface area contributed by atoms with Crippen LogP contribution in [0.4, 0.5) is 0 Å². The molecule has 3 heteroatoms. The van der Waals surface area contributed by atoms with Crippen LogP contribution in [0.1, 0.15) is 33.1 Å². The molecule has 1 unspecified atom stereocenters. The second kappa shape index (κ2) is 6.96. The van der Waals surface area contributed by atoms with Gasteiger partial charge in [0, 0.05) is 32.0 Å². The van der Waals surface area contributed by atoms with E-state index in [1.807, 2.05) is 6.92 Å². The molecule has 88 valence electrons. The first-order chi connectivity index (χ1) is 7.24. The van der Waals surface area contributed by atoms with E-state index in [0.29, 0.717) is 12.2 Å². The summed E-state index contributed by atoms with van der Waals surface area (Å²) in [6.45, 7) is 8.69. The van der Waals surface area contributed by atoms with E-state index < -0.39 is 0 Å². The molecule has 0 bridgehead atoms. The summed E-state index contributed by atoms with van der Waals surface area (Å²) >= 11 is 0. The van der Waals surface area contributed by atoms with Crippen molar-refractivity contribution in [3.63, 3.8) is 0 Å². The van der Waals surface area contributed by atoms with Gasteiger partial charge in [-0.15, -0.1) is 0 Å². The molecule has 0 aromatic carbocycles. The zero-order valence-corrected chi connectivity index (χ0v) is 10.00. The SMILES string of the molecule is CCCC(C)C(=O)CCN1CCOCC1. The van der Waals surface area contributed by atoms with Gasteiger partial charge in [-0.25, -0.2) is 0 Å². The molecule has 1 heterocycles. The summed E-state index contributed by atoms with van der Waals surface area (Å²) < 4.78 is 5.27. The average Bonchev–Trinajstić information content (AvgIpc) is 2.27. The molecule has 1 saturated heterocycles. The van der Waals surface area contributed by atoms with Gasteiger partial charge in [0.1, 0.15) is 5.78 Å². The lowest BCUT2D eigenvalue weighted by atomic mass is 9.99. The highest BCUT2D eigenvalue weighted by Gasteiger charge is 2.15. The predicted octanol–water partition coefficient (Wildman–Crippen LogP) is 1.71. The van der Waals surface area contributed by atoms with Crippen molar-refractivity contribution < 1.29 is 9.53 Å². The number of hydrogen-bond donors (Lipinski definition) is 0. The van der Waals surface area contributed by atoms with Gasteiger partial charge in [-0.05, 0) is 6.42 Å². The molecule has 1 aliphatic heterocycles. The van der Waals surface area contributed by atoms with Crippen LogP contribution >= 0.6 is 0 Å². The van der Waals surface area contributed by atoms with Crippen molar-refractivity contribution in [3.8, 4) is 0 Å². The van der Waals surface area contributed by atoms with E-state index in [1.165, 1.54) is 0 Å². The Balaban J connectivity index is 2.14. The van der Waals surface area contributed by atoms with Gasteiger partial charge in [-0.1, -0.05) is 20.3 Å². The van der Waals surface area contributed by atoms with Crippen molar-refractivity contribution >= 4 is 5.78 Å². The van der Waals surface area contributed by atoms with E-state index in [9.17, 15) is 4.79 Å². The van der Waals surface area contributed by atoms with Gasteiger partial charge in [0.25, 0.3) is 0 Å². The van der Waals surface area contributed by atoms with Crippen LogP contribution in [0.15, 0.2) is 0 Å². The molecule has 0 aromatic rings. The van der Waals surface area contributed by atoms with Crippen molar-refractivity contribution in [2.45, 2.75) is 33.1 Å². The highest BCUT2D eigenvalue weighted by Crippen LogP contribution is 2.09. The Morgan fingerprint density at radius 2 is 2.07 bits per heavy atom. The van der Waals surface area contributed by atoms with Crippen LogP contribution in [0.3, 0.4) is 0 Å². The maximum Gasteiger partial charge on any atom is 0.136 e. The molecule has 0 radical (unpaired) electrons. The first kappa shape index (κ1) is 12.7. The molecule has 0 saturated carbocycles. The van der Waals surface area contributed by atoms with Crippen molar-refractivity contribution in [2.24, 2.45) is 5.92 Å². The fraction of sp³-hybridized carbons (Fsp3) is 0.917. The number of hydrogen-bond acceptors (Lipinski definition) is 3. The zero-order chi connectivity index (χ0) is 11.1. The fourth-order valence-corrected chi connectivity index (χ4v) is 1.93. The Kier molecular flexibility index (Phi) is 5.88. The van der Waals surface area contributed by atoms with Crippen LogP contribution in [0.2, 0.25) is 0 Å². The van der Waals surface area contributed by atoms with Crippen LogP contribution in [-0.2, 0) is 9.53 Å². The smallest absolute Gasteiger partial charge is 0.136 e. The predicted molar refractivity (Wildman–Crippen MR) is 61.0 cm³/mol. The normalized spacial score (nSPS) is 20.1. The van der Waals surface area contributed by atoms with Crippen molar-refractivity contribution in [1.29, 1.82) is 0 Å². The molecule has 0 aromatic heterocycles. The average molecular weight is 213 g/mol. The lowest BCUT2D eigenvalue weighted by Gasteiger charge is -2.26. The quantitative estimate of drug-likeness (QED) is 0.673. The van der Waals surface area contributed by atoms with E-state index in [-0.39, 0.29) is 5.92 Å². The molecule has 0 amide bonds. The number of morpholine rings is 1. The number of carbonyl (C=O) groups excluding carboxylic acids is 1. The molecular formula is C12H23NO2. The molecule has 0 N–H and O–H groups in total. The summed E-state index contributed by atoms with van der Waals surface area (Å²) in [7, 11) is 0. The Bertz CT molecular complexity index is 188. The Morgan fingerprint density at radius 1 is 1.40 bits per heavy atom. The minimum absolute atomic E-state index is 0.246. The maximum atomic E-state index is 11.7. The van der Waals surface area contributed by atoms with Crippen LogP contribution in [0.25, 0.3) is 0 Å². The summed E-state index contributed by atoms with van der Waals surface area (Å²) in [6.07, 6.45) is 2.84. The van der Waals surface area contributed by atoms with E-state index in [1.54, 1.807) is 0 Å². The Morgan fingerprint density at radius 3 is 2.67 bits per heavy atom. The van der Waals surface area contributed by atoms with Gasteiger partial charge in [-0.2, -0.15) is 0 Å². The van der Waals surface area contributed by atoms with E-state index in [0.717, 1.165) is 45.7 Å². The number of ether oxygens (including phenoxy) is 1. The lowest BCUT2D eigenvalue weighted by Crippen LogP contribution is -2.37. The Hall–Kier alpha value is -0.410. The van der Waals surface area contributed by atoms with Crippen LogP contribution in [0.5, 0.6) is 0 Å². The van der Waals surface area contributed by atoms with E-state index in [4.69, 9.17) is 4.74 Å². The second-order valence-corrected chi connectivity index (χ2v) is 4.36. The van der Waals surface area contributed by atoms with Crippen molar-refractivity contribution in [3.05, 3.63) is 0 Å². The number of rotatable bonds is 6. The third-order valence-electron chi connectivity index (χ3n) is 3.05. The maximum absolute atomic E-state index is 11.7. The first-order valence-electron chi connectivity index (χ1n) is 6.07. The van der Waals surface area contributed by atoms with Gasteiger partial charge in [0.15, 0.2) is 0 Å². The van der Waals surface area contributed by atoms with Gasteiger partial charge in [-0.3, -0.25) is 9.69 Å². The van der Waals surface area contributed by atoms with E-state index in [2.05, 4.69) is 11.8 Å². The molecule has 1 atom stereocenters. The molecule has 1 aliphatic rings. The van der Waals surface area contributed by atoms with Crippen LogP contribution < -0.4 is 0 Å². The molecule has 0 aliphatic carbocycles. The van der Waals surface area contributed by atoms with Gasteiger partial charge in [0.05, 0.1) is 13.2 Å². The first-order valence-corrected chi connectivity index (χ1v) is 6.07. The summed E-state index contributed by atoms with van der Waals surface area (Å²) in [4.78, 5) is 14.0. The second-order valence-electron chi connectivity index (χ2n) is 4.36. The molecule has 15 heavy (non-hydrogen) atoms. The summed E-state index contributed by atoms with van der Waals surface area (Å²) in [5.41, 5.74) is 0. The molecule has 1 rings (SSSR count). The number of carbonyl (C=O) groups is 1.